The lowest BCUT2D eigenvalue weighted by Gasteiger charge is -2.36. The molecule has 9 heteroatoms. The maximum Gasteiger partial charge on any atom is 0.339 e. The molecular formula is C15H19ClN2O5S. The molecule has 2 aliphatic heterocycles. The van der Waals surface area contributed by atoms with Crippen molar-refractivity contribution in [3.05, 3.63) is 22.7 Å². The number of benzene rings is 1. The quantitative estimate of drug-likeness (QED) is 0.859. The predicted molar refractivity (Wildman–Crippen MR) is 88.3 cm³/mol. The number of hydrogen-bond donors (Lipinski definition) is 1. The van der Waals surface area contributed by atoms with Crippen LogP contribution in [0.4, 0.5) is 0 Å². The number of rotatable bonds is 4. The Hall–Kier alpha value is -1.35. The topological polar surface area (TPSA) is 87.2 Å². The number of nitrogens with zero attached hydrogens (tertiary/aromatic N) is 2. The fourth-order valence-electron chi connectivity index (χ4n) is 3.39. The van der Waals surface area contributed by atoms with Gasteiger partial charge in [-0.1, -0.05) is 11.6 Å². The summed E-state index contributed by atoms with van der Waals surface area (Å²) in [5.41, 5.74) is -0.165. The average molecular weight is 375 g/mol. The van der Waals surface area contributed by atoms with Gasteiger partial charge in [0.05, 0.1) is 12.1 Å². The minimum atomic E-state index is -3.80. The molecule has 3 rings (SSSR count). The number of carboxylic acids is 1. The van der Waals surface area contributed by atoms with Gasteiger partial charge in [0.25, 0.3) is 0 Å². The molecule has 1 unspecified atom stereocenters. The summed E-state index contributed by atoms with van der Waals surface area (Å²) in [7, 11) is -2.51. The number of carboxylic acid groups (broad SMARTS) is 1. The van der Waals surface area contributed by atoms with Crippen molar-refractivity contribution in [1.29, 1.82) is 0 Å². The van der Waals surface area contributed by atoms with Gasteiger partial charge in [-0.15, -0.1) is 0 Å². The van der Waals surface area contributed by atoms with E-state index in [4.69, 9.17) is 21.4 Å². The SMILES string of the molecule is COc1cc(S(=O)(=O)N2CCN3CCCC3C2)c(Cl)cc1C(=O)O. The highest BCUT2D eigenvalue weighted by Gasteiger charge is 2.37. The third-order valence-electron chi connectivity index (χ3n) is 4.65. The Balaban J connectivity index is 1.96. The van der Waals surface area contributed by atoms with E-state index in [1.807, 2.05) is 0 Å². The number of methoxy groups -OCH3 is 1. The maximum atomic E-state index is 13.0. The minimum absolute atomic E-state index is 0.0232. The van der Waals surface area contributed by atoms with E-state index in [0.29, 0.717) is 19.6 Å². The predicted octanol–water partition coefficient (Wildman–Crippen LogP) is 1.52. The van der Waals surface area contributed by atoms with Gasteiger partial charge in [-0.3, -0.25) is 4.90 Å². The Kier molecular flexibility index (Phi) is 4.74. The Labute approximate surface area is 145 Å². The van der Waals surface area contributed by atoms with Crippen LogP contribution < -0.4 is 4.74 Å². The number of piperazine rings is 1. The molecule has 132 valence electrons. The first-order valence-corrected chi connectivity index (χ1v) is 9.51. The van der Waals surface area contributed by atoms with Crippen molar-refractivity contribution in [2.24, 2.45) is 0 Å². The van der Waals surface area contributed by atoms with Crippen LogP contribution in [0.5, 0.6) is 5.75 Å². The van der Waals surface area contributed by atoms with Crippen molar-refractivity contribution >= 4 is 27.6 Å². The number of hydrogen-bond acceptors (Lipinski definition) is 5. The van der Waals surface area contributed by atoms with Crippen LogP contribution in [-0.4, -0.2) is 68.0 Å². The second-order valence-electron chi connectivity index (χ2n) is 5.98. The smallest absolute Gasteiger partial charge is 0.339 e. The van der Waals surface area contributed by atoms with Gasteiger partial charge in [0.15, 0.2) is 0 Å². The summed E-state index contributed by atoms with van der Waals surface area (Å²) < 4.78 is 32.4. The summed E-state index contributed by atoms with van der Waals surface area (Å²) in [6, 6.07) is 2.57. The van der Waals surface area contributed by atoms with Gasteiger partial charge in [0.2, 0.25) is 10.0 Å². The van der Waals surface area contributed by atoms with Crippen LogP contribution in [0.2, 0.25) is 5.02 Å². The van der Waals surface area contributed by atoms with Gasteiger partial charge >= 0.3 is 5.97 Å². The molecule has 1 aromatic carbocycles. The third-order valence-corrected chi connectivity index (χ3v) is 6.98. The first-order valence-electron chi connectivity index (χ1n) is 7.69. The largest absolute Gasteiger partial charge is 0.496 e. The highest BCUT2D eigenvalue weighted by molar-refractivity contribution is 7.89. The minimum Gasteiger partial charge on any atom is -0.496 e. The third kappa shape index (κ3) is 2.99. The van der Waals surface area contributed by atoms with Crippen LogP contribution >= 0.6 is 11.6 Å². The molecule has 2 saturated heterocycles. The highest BCUT2D eigenvalue weighted by Crippen LogP contribution is 2.33. The van der Waals surface area contributed by atoms with E-state index in [9.17, 15) is 13.2 Å². The maximum absolute atomic E-state index is 13.0. The highest BCUT2D eigenvalue weighted by atomic mass is 35.5. The summed E-state index contributed by atoms with van der Waals surface area (Å²) in [4.78, 5) is 13.4. The molecule has 0 bridgehead atoms. The first kappa shape index (κ1) is 17.5. The Morgan fingerprint density at radius 2 is 2.08 bits per heavy atom. The van der Waals surface area contributed by atoms with Gasteiger partial charge in [0, 0.05) is 31.7 Å². The standard InChI is InChI=1S/C15H19ClN2O5S/c1-23-13-8-14(12(16)7-11(13)15(19)20)24(21,22)18-6-5-17-4-2-3-10(17)9-18/h7-8,10H,2-6,9H2,1H3,(H,19,20). The van der Waals surface area contributed by atoms with Crippen LogP contribution in [-0.2, 0) is 10.0 Å². The number of fused-ring (bicyclic) bond motifs is 1. The fourth-order valence-corrected chi connectivity index (χ4v) is 5.37. The van der Waals surface area contributed by atoms with Crippen molar-refractivity contribution < 1.29 is 23.1 Å². The molecule has 0 radical (unpaired) electrons. The summed E-state index contributed by atoms with van der Waals surface area (Å²) in [5, 5.41) is 9.05. The second-order valence-corrected chi connectivity index (χ2v) is 8.30. The van der Waals surface area contributed by atoms with Crippen LogP contribution in [0.25, 0.3) is 0 Å². The number of sulfonamides is 1. The molecule has 1 aromatic rings. The lowest BCUT2D eigenvalue weighted by atomic mass is 10.2. The van der Waals surface area contributed by atoms with Crippen LogP contribution in [0.3, 0.4) is 0 Å². The molecule has 24 heavy (non-hydrogen) atoms. The molecule has 1 atom stereocenters. The Morgan fingerprint density at radius 3 is 2.75 bits per heavy atom. The van der Waals surface area contributed by atoms with Gasteiger partial charge in [-0.25, -0.2) is 13.2 Å². The van der Waals surface area contributed by atoms with Gasteiger partial charge in [-0.05, 0) is 25.5 Å². The lowest BCUT2D eigenvalue weighted by molar-refractivity contribution is 0.0693. The van der Waals surface area contributed by atoms with E-state index in [0.717, 1.165) is 25.5 Å². The summed E-state index contributed by atoms with van der Waals surface area (Å²) in [5.74, 6) is -1.25. The molecule has 0 aromatic heterocycles. The summed E-state index contributed by atoms with van der Waals surface area (Å²) in [6.07, 6.45) is 2.07. The van der Waals surface area contributed by atoms with E-state index >= 15 is 0 Å². The van der Waals surface area contributed by atoms with E-state index in [2.05, 4.69) is 4.90 Å². The Bertz CT molecular complexity index is 767. The fraction of sp³-hybridized carbons (Fsp3) is 0.533. The monoisotopic (exact) mass is 374 g/mol. The molecule has 2 heterocycles. The molecular weight excluding hydrogens is 356 g/mol. The van der Waals surface area contributed by atoms with Crippen LogP contribution in [0, 0.1) is 0 Å². The summed E-state index contributed by atoms with van der Waals surface area (Å²) >= 11 is 6.08. The molecule has 1 N–H and O–H groups in total. The number of carbonyl (C=O) groups is 1. The van der Waals surface area contributed by atoms with E-state index in [-0.39, 0.29) is 27.3 Å². The lowest BCUT2D eigenvalue weighted by Crippen LogP contribution is -2.51. The second kappa shape index (κ2) is 6.51. The molecule has 7 nitrogen and oxygen atoms in total. The zero-order chi connectivity index (χ0) is 17.5. The molecule has 2 aliphatic rings. The first-order chi connectivity index (χ1) is 11.3. The zero-order valence-corrected chi connectivity index (χ0v) is 14.8. The zero-order valence-electron chi connectivity index (χ0n) is 13.2. The van der Waals surface area contributed by atoms with Crippen molar-refractivity contribution in [2.75, 3.05) is 33.3 Å². The van der Waals surface area contributed by atoms with Crippen molar-refractivity contribution in [3.63, 3.8) is 0 Å². The molecule has 0 aliphatic carbocycles. The molecule has 0 spiro atoms. The number of ether oxygens (including phenoxy) is 1. The van der Waals surface area contributed by atoms with Crippen LogP contribution in [0.15, 0.2) is 17.0 Å². The van der Waals surface area contributed by atoms with Crippen LogP contribution in [0.1, 0.15) is 23.2 Å². The summed E-state index contributed by atoms with van der Waals surface area (Å²) in [6.45, 7) is 2.55. The number of halogens is 1. The molecule has 0 saturated carbocycles. The van der Waals surface area contributed by atoms with Crippen molar-refractivity contribution in [2.45, 2.75) is 23.8 Å². The van der Waals surface area contributed by atoms with Crippen molar-refractivity contribution in [1.82, 2.24) is 9.21 Å². The van der Waals surface area contributed by atoms with Gasteiger partial charge < -0.3 is 9.84 Å². The van der Waals surface area contributed by atoms with Gasteiger partial charge in [0.1, 0.15) is 16.2 Å². The van der Waals surface area contributed by atoms with Gasteiger partial charge in [-0.2, -0.15) is 4.31 Å². The molecule has 2 fully saturated rings. The number of aromatic carboxylic acids is 1. The average Bonchev–Trinajstić information content (AvgIpc) is 3.01. The van der Waals surface area contributed by atoms with E-state index in [1.165, 1.54) is 17.5 Å². The van der Waals surface area contributed by atoms with E-state index in [1.54, 1.807) is 0 Å². The van der Waals surface area contributed by atoms with E-state index < -0.39 is 16.0 Å². The molecule has 0 amide bonds. The normalized spacial score (nSPS) is 22.3. The van der Waals surface area contributed by atoms with Crippen molar-refractivity contribution in [3.8, 4) is 5.75 Å². The Morgan fingerprint density at radius 1 is 1.33 bits per heavy atom.